The number of carbonyl (C=O) groups excluding carboxylic acids is 3. The van der Waals surface area contributed by atoms with Crippen LogP contribution in [0, 0.1) is 0 Å². The topological polar surface area (TPSA) is 101 Å². The first kappa shape index (κ1) is 19.0. The van der Waals surface area contributed by atoms with E-state index in [2.05, 4.69) is 0 Å². The van der Waals surface area contributed by atoms with E-state index in [1.54, 1.807) is 13.0 Å². The molecule has 1 aliphatic rings. The van der Waals surface area contributed by atoms with Crippen LogP contribution in [0.5, 0.6) is 11.5 Å². The molecule has 1 heterocycles. The summed E-state index contributed by atoms with van der Waals surface area (Å²) in [6.45, 7) is 1.57. The van der Waals surface area contributed by atoms with E-state index < -0.39 is 23.6 Å². The molecular weight excluding hydrogens is 348 g/mol. The lowest BCUT2D eigenvalue weighted by atomic mass is 9.99. The summed E-state index contributed by atoms with van der Waals surface area (Å²) in [6, 6.07) is 0.918. The van der Waals surface area contributed by atoms with Crippen LogP contribution in [0.2, 0.25) is 5.02 Å². The van der Waals surface area contributed by atoms with Crippen LogP contribution in [0.4, 0.5) is 0 Å². The van der Waals surface area contributed by atoms with Gasteiger partial charge in [-0.1, -0.05) is 17.7 Å². The molecular formula is C18H19ClO6. The maximum Gasteiger partial charge on any atom is 0.342 e. The minimum Gasteiger partial charge on any atom is -0.507 e. The molecule has 6 nitrogen and oxygen atoms in total. The van der Waals surface area contributed by atoms with Crippen molar-refractivity contribution in [3.63, 3.8) is 0 Å². The fourth-order valence-electron chi connectivity index (χ4n) is 2.65. The maximum absolute atomic E-state index is 12.4. The van der Waals surface area contributed by atoms with E-state index in [1.807, 2.05) is 0 Å². The quantitative estimate of drug-likeness (QED) is 0.684. The molecule has 1 aromatic rings. The highest BCUT2D eigenvalue weighted by atomic mass is 35.5. The van der Waals surface area contributed by atoms with E-state index in [-0.39, 0.29) is 40.6 Å². The number of cyclic esters (lactones) is 1. The number of hydrogen-bond acceptors (Lipinski definition) is 6. The lowest BCUT2D eigenvalue weighted by molar-refractivity contribution is -0.120. The van der Waals surface area contributed by atoms with Crippen LogP contribution in [0.3, 0.4) is 0 Å². The average molecular weight is 367 g/mol. The maximum atomic E-state index is 12.4. The molecule has 2 rings (SSSR count). The van der Waals surface area contributed by atoms with Crippen molar-refractivity contribution in [1.82, 2.24) is 0 Å². The highest BCUT2D eigenvalue weighted by molar-refractivity contribution is 6.33. The minimum atomic E-state index is -0.900. The Morgan fingerprint density at radius 3 is 2.64 bits per heavy atom. The zero-order chi connectivity index (χ0) is 18.6. The number of esters is 1. The van der Waals surface area contributed by atoms with Crippen LogP contribution >= 0.6 is 11.6 Å². The zero-order valence-corrected chi connectivity index (χ0v) is 14.5. The Morgan fingerprint density at radius 1 is 1.20 bits per heavy atom. The highest BCUT2D eigenvalue weighted by Gasteiger charge is 2.26. The Bertz CT molecular complexity index is 738. The number of hydrogen-bond donors (Lipinski definition) is 2. The lowest BCUT2D eigenvalue weighted by Crippen LogP contribution is -2.20. The van der Waals surface area contributed by atoms with Gasteiger partial charge >= 0.3 is 5.97 Å². The van der Waals surface area contributed by atoms with Crippen LogP contribution in [0.15, 0.2) is 18.2 Å². The summed E-state index contributed by atoms with van der Waals surface area (Å²) in [4.78, 5) is 36.4. The van der Waals surface area contributed by atoms with Crippen LogP contribution in [0.25, 0.3) is 0 Å². The van der Waals surface area contributed by atoms with Gasteiger partial charge in [-0.2, -0.15) is 0 Å². The third-order valence-electron chi connectivity index (χ3n) is 3.83. The first-order valence-electron chi connectivity index (χ1n) is 7.95. The molecule has 0 aromatic heterocycles. The van der Waals surface area contributed by atoms with Crippen molar-refractivity contribution in [2.75, 3.05) is 0 Å². The van der Waals surface area contributed by atoms with Gasteiger partial charge < -0.3 is 14.9 Å². The molecule has 0 amide bonds. The van der Waals surface area contributed by atoms with Crippen LogP contribution in [0.1, 0.15) is 48.5 Å². The van der Waals surface area contributed by atoms with Gasteiger partial charge in [-0.15, -0.1) is 0 Å². The Kier molecular flexibility index (Phi) is 6.20. The molecule has 0 bridgehead atoms. The van der Waals surface area contributed by atoms with Gasteiger partial charge in [-0.25, -0.2) is 4.79 Å². The van der Waals surface area contributed by atoms with Crippen molar-refractivity contribution >= 4 is 29.1 Å². The van der Waals surface area contributed by atoms with Crippen LogP contribution < -0.4 is 0 Å². The molecule has 1 aromatic carbocycles. The van der Waals surface area contributed by atoms with Crippen LogP contribution in [-0.2, 0) is 20.7 Å². The number of phenols is 2. The van der Waals surface area contributed by atoms with Gasteiger partial charge in [0, 0.05) is 30.9 Å². The lowest BCUT2D eigenvalue weighted by Gasteiger charge is -2.17. The predicted molar refractivity (Wildman–Crippen MR) is 91.0 cm³/mol. The fourth-order valence-corrected chi connectivity index (χ4v) is 2.86. The predicted octanol–water partition coefficient (Wildman–Crippen LogP) is 3.11. The summed E-state index contributed by atoms with van der Waals surface area (Å²) in [5, 5.41) is 19.6. The molecule has 7 heteroatoms. The molecule has 0 radical (unpaired) electrons. The molecule has 0 saturated carbocycles. The molecule has 0 fully saturated rings. The van der Waals surface area contributed by atoms with Gasteiger partial charge in [0.2, 0.25) is 0 Å². The van der Waals surface area contributed by atoms with Crippen molar-refractivity contribution < 1.29 is 29.3 Å². The van der Waals surface area contributed by atoms with Crippen molar-refractivity contribution in [3.8, 4) is 11.5 Å². The molecule has 134 valence electrons. The summed E-state index contributed by atoms with van der Waals surface area (Å²) in [5.74, 6) is -2.28. The van der Waals surface area contributed by atoms with Crippen molar-refractivity contribution in [2.24, 2.45) is 0 Å². The summed E-state index contributed by atoms with van der Waals surface area (Å²) in [7, 11) is 0. The van der Waals surface area contributed by atoms with E-state index in [4.69, 9.17) is 16.3 Å². The summed E-state index contributed by atoms with van der Waals surface area (Å²) in [5.41, 5.74) is -0.282. The number of rotatable bonds is 0. The number of ketones is 2. The Labute approximate surface area is 150 Å². The SMILES string of the molecule is C[C@@H]1CC(=O)CCCC=CC(=O)Cc2c(Cl)c(O)cc(O)c2C(=O)O1. The number of aromatic hydroxyl groups is 2. The number of benzene rings is 1. The molecule has 0 saturated heterocycles. The zero-order valence-electron chi connectivity index (χ0n) is 13.8. The standard InChI is InChI=1S/C18H19ClO6/c1-10-7-11(20)5-3-2-4-6-12(21)8-13-16(18(24)25-10)14(22)9-15(23)17(13)19/h4,6,9-10,22-23H,2-3,5,7-8H2,1H3/t10-/m1/s1. The number of ether oxygens (including phenoxy) is 1. The molecule has 1 aliphatic heterocycles. The second kappa shape index (κ2) is 8.16. The van der Waals surface area contributed by atoms with E-state index in [0.29, 0.717) is 19.3 Å². The van der Waals surface area contributed by atoms with Gasteiger partial charge in [0.1, 0.15) is 28.9 Å². The van der Waals surface area contributed by atoms with Gasteiger partial charge in [0.25, 0.3) is 0 Å². The normalized spacial score (nSPS) is 19.9. The highest BCUT2D eigenvalue weighted by Crippen LogP contribution is 2.37. The fraction of sp³-hybridized carbons (Fsp3) is 0.389. The van der Waals surface area contributed by atoms with E-state index in [0.717, 1.165) is 6.07 Å². The summed E-state index contributed by atoms with van der Waals surface area (Å²) in [6.07, 6.45) is 3.60. The van der Waals surface area contributed by atoms with Crippen molar-refractivity contribution in [2.45, 2.75) is 45.1 Å². The molecule has 1 atom stereocenters. The van der Waals surface area contributed by atoms with E-state index in [1.165, 1.54) is 6.08 Å². The monoisotopic (exact) mass is 366 g/mol. The molecule has 0 unspecified atom stereocenters. The second-order valence-corrected chi connectivity index (χ2v) is 6.36. The van der Waals surface area contributed by atoms with Crippen molar-refractivity contribution in [3.05, 3.63) is 34.4 Å². The van der Waals surface area contributed by atoms with E-state index in [9.17, 15) is 24.6 Å². The van der Waals surface area contributed by atoms with Crippen molar-refractivity contribution in [1.29, 1.82) is 0 Å². The van der Waals surface area contributed by atoms with Crippen LogP contribution in [-0.4, -0.2) is 33.9 Å². The van der Waals surface area contributed by atoms with Gasteiger partial charge in [-0.3, -0.25) is 9.59 Å². The number of allylic oxidation sites excluding steroid dienone is 2. The number of carbonyl (C=O) groups is 3. The molecule has 0 aliphatic carbocycles. The van der Waals surface area contributed by atoms with E-state index >= 15 is 0 Å². The first-order chi connectivity index (χ1) is 11.8. The summed E-state index contributed by atoms with van der Waals surface area (Å²) < 4.78 is 5.21. The Hall–Kier alpha value is -2.34. The number of phenolic OH excluding ortho intramolecular Hbond substituents is 2. The third-order valence-corrected chi connectivity index (χ3v) is 4.25. The smallest absolute Gasteiger partial charge is 0.342 e. The molecule has 25 heavy (non-hydrogen) atoms. The van der Waals surface area contributed by atoms with Gasteiger partial charge in [-0.05, 0) is 25.8 Å². The first-order valence-corrected chi connectivity index (χ1v) is 8.32. The summed E-state index contributed by atoms with van der Waals surface area (Å²) >= 11 is 6.03. The number of Topliss-reactive ketones (excluding diaryl/α,β-unsaturated/α-hetero) is 1. The number of fused-ring (bicyclic) bond motifs is 1. The third kappa shape index (κ3) is 4.82. The second-order valence-electron chi connectivity index (χ2n) is 5.98. The Balaban J connectivity index is 2.47. The average Bonchev–Trinajstić information content (AvgIpc) is 2.50. The minimum absolute atomic E-state index is 0.00518. The largest absolute Gasteiger partial charge is 0.507 e. The number of halogens is 1. The van der Waals surface area contributed by atoms with Gasteiger partial charge in [0.05, 0.1) is 5.02 Å². The van der Waals surface area contributed by atoms with Gasteiger partial charge in [0.15, 0.2) is 5.78 Å². The Morgan fingerprint density at radius 2 is 1.92 bits per heavy atom. The molecule has 2 N–H and O–H groups in total. The molecule has 0 spiro atoms.